The standard InChI is InChI=1S/C15H14Br2ClNO/c1-2-20-10-4-5-11(13(17)8-10)15(19)12-7-9(16)3-6-14(12)18/h3-8,15H,2,19H2,1H3. The van der Waals surface area contributed by atoms with Crippen molar-refractivity contribution in [2.24, 2.45) is 5.73 Å². The molecule has 1 unspecified atom stereocenters. The van der Waals surface area contributed by atoms with Crippen LogP contribution in [0.2, 0.25) is 5.02 Å². The summed E-state index contributed by atoms with van der Waals surface area (Å²) in [6, 6.07) is 11.2. The molecule has 0 fully saturated rings. The van der Waals surface area contributed by atoms with Gasteiger partial charge in [0.15, 0.2) is 0 Å². The van der Waals surface area contributed by atoms with E-state index in [4.69, 9.17) is 22.1 Å². The minimum absolute atomic E-state index is 0.301. The van der Waals surface area contributed by atoms with Crippen molar-refractivity contribution in [1.82, 2.24) is 0 Å². The van der Waals surface area contributed by atoms with Crippen LogP contribution in [-0.4, -0.2) is 6.61 Å². The highest BCUT2D eigenvalue weighted by molar-refractivity contribution is 9.10. The normalized spacial score (nSPS) is 12.2. The van der Waals surface area contributed by atoms with Gasteiger partial charge in [-0.2, -0.15) is 0 Å². The largest absolute Gasteiger partial charge is 0.494 e. The molecule has 0 saturated carbocycles. The van der Waals surface area contributed by atoms with Gasteiger partial charge in [0.25, 0.3) is 0 Å². The van der Waals surface area contributed by atoms with Crippen LogP contribution in [0, 0.1) is 0 Å². The maximum atomic E-state index is 6.33. The molecule has 1 atom stereocenters. The van der Waals surface area contributed by atoms with Gasteiger partial charge < -0.3 is 10.5 Å². The van der Waals surface area contributed by atoms with E-state index in [-0.39, 0.29) is 6.04 Å². The molecule has 0 aliphatic rings. The summed E-state index contributed by atoms with van der Waals surface area (Å²) < 4.78 is 7.33. The second-order valence-corrected chi connectivity index (χ2v) is 6.44. The lowest BCUT2D eigenvalue weighted by Crippen LogP contribution is -2.13. The van der Waals surface area contributed by atoms with E-state index in [0.717, 1.165) is 25.8 Å². The van der Waals surface area contributed by atoms with Crippen LogP contribution in [0.15, 0.2) is 45.3 Å². The van der Waals surface area contributed by atoms with E-state index >= 15 is 0 Å². The first-order valence-corrected chi connectivity index (χ1v) is 8.12. The fourth-order valence-corrected chi connectivity index (χ4v) is 3.16. The van der Waals surface area contributed by atoms with Gasteiger partial charge in [-0.1, -0.05) is 49.5 Å². The minimum atomic E-state index is -0.301. The number of benzene rings is 2. The number of hydrogen-bond acceptors (Lipinski definition) is 2. The van der Waals surface area contributed by atoms with Crippen LogP contribution in [0.25, 0.3) is 0 Å². The summed E-state index contributed by atoms with van der Waals surface area (Å²) in [5.41, 5.74) is 8.18. The molecule has 0 radical (unpaired) electrons. The second kappa shape index (κ2) is 6.94. The molecule has 5 heteroatoms. The van der Waals surface area contributed by atoms with E-state index in [0.29, 0.717) is 11.6 Å². The fraction of sp³-hybridized carbons (Fsp3) is 0.200. The third kappa shape index (κ3) is 3.55. The maximum Gasteiger partial charge on any atom is 0.120 e. The predicted molar refractivity (Wildman–Crippen MR) is 90.5 cm³/mol. The zero-order valence-corrected chi connectivity index (χ0v) is 14.8. The van der Waals surface area contributed by atoms with Crippen molar-refractivity contribution in [3.8, 4) is 5.75 Å². The highest BCUT2D eigenvalue weighted by atomic mass is 79.9. The van der Waals surface area contributed by atoms with Crippen LogP contribution in [0.4, 0.5) is 0 Å². The quantitative estimate of drug-likeness (QED) is 0.729. The van der Waals surface area contributed by atoms with E-state index in [1.54, 1.807) is 0 Å². The highest BCUT2D eigenvalue weighted by Gasteiger charge is 2.16. The lowest BCUT2D eigenvalue weighted by Gasteiger charge is -2.17. The van der Waals surface area contributed by atoms with Crippen molar-refractivity contribution in [3.63, 3.8) is 0 Å². The molecule has 106 valence electrons. The Hall–Kier alpha value is -0.550. The Labute approximate surface area is 140 Å². The summed E-state index contributed by atoms with van der Waals surface area (Å²) in [4.78, 5) is 0. The zero-order valence-electron chi connectivity index (χ0n) is 10.9. The van der Waals surface area contributed by atoms with Crippen molar-refractivity contribution in [1.29, 1.82) is 0 Å². The van der Waals surface area contributed by atoms with Gasteiger partial charge in [-0.25, -0.2) is 0 Å². The smallest absolute Gasteiger partial charge is 0.120 e. The molecular weight excluding hydrogens is 405 g/mol. The monoisotopic (exact) mass is 417 g/mol. The molecule has 2 N–H and O–H groups in total. The molecule has 2 aromatic carbocycles. The topological polar surface area (TPSA) is 35.2 Å². The number of nitrogens with two attached hydrogens (primary N) is 1. The van der Waals surface area contributed by atoms with Crippen LogP contribution >= 0.6 is 43.5 Å². The summed E-state index contributed by atoms with van der Waals surface area (Å²) in [5, 5.41) is 0.654. The van der Waals surface area contributed by atoms with Gasteiger partial charge >= 0.3 is 0 Å². The average Bonchev–Trinajstić information content (AvgIpc) is 2.41. The van der Waals surface area contributed by atoms with E-state index in [1.165, 1.54) is 0 Å². The summed E-state index contributed by atoms with van der Waals surface area (Å²) in [6.07, 6.45) is 0. The molecule has 2 aromatic rings. The van der Waals surface area contributed by atoms with E-state index < -0.39 is 0 Å². The number of halogens is 3. The van der Waals surface area contributed by atoms with Gasteiger partial charge in [0.05, 0.1) is 12.6 Å². The van der Waals surface area contributed by atoms with Crippen LogP contribution in [-0.2, 0) is 0 Å². The summed E-state index contributed by atoms with van der Waals surface area (Å²) in [6.45, 7) is 2.59. The molecule has 0 aliphatic carbocycles. The Morgan fingerprint density at radius 2 is 1.90 bits per heavy atom. The van der Waals surface area contributed by atoms with Gasteiger partial charge in [-0.05, 0) is 48.4 Å². The van der Waals surface area contributed by atoms with Gasteiger partial charge in [0.1, 0.15) is 5.75 Å². The van der Waals surface area contributed by atoms with Crippen molar-refractivity contribution < 1.29 is 4.74 Å². The molecule has 0 spiro atoms. The maximum absolute atomic E-state index is 6.33. The highest BCUT2D eigenvalue weighted by Crippen LogP contribution is 2.34. The van der Waals surface area contributed by atoms with E-state index in [1.807, 2.05) is 43.3 Å². The number of ether oxygens (including phenoxy) is 1. The van der Waals surface area contributed by atoms with E-state index in [2.05, 4.69) is 31.9 Å². The molecule has 0 amide bonds. The fourth-order valence-electron chi connectivity index (χ4n) is 1.94. The third-order valence-corrected chi connectivity index (χ3v) is 4.44. The molecule has 0 bridgehead atoms. The lowest BCUT2D eigenvalue weighted by molar-refractivity contribution is 0.340. The Morgan fingerprint density at radius 3 is 2.55 bits per heavy atom. The van der Waals surface area contributed by atoms with Crippen molar-refractivity contribution in [2.45, 2.75) is 13.0 Å². The number of rotatable bonds is 4. The van der Waals surface area contributed by atoms with Gasteiger partial charge in [-0.3, -0.25) is 0 Å². The first kappa shape index (κ1) is 15.8. The molecule has 20 heavy (non-hydrogen) atoms. The Balaban J connectivity index is 2.38. The predicted octanol–water partition coefficient (Wildman–Crippen LogP) is 5.31. The number of hydrogen-bond donors (Lipinski definition) is 1. The molecule has 0 saturated heterocycles. The first-order chi connectivity index (χ1) is 9.52. The van der Waals surface area contributed by atoms with Crippen LogP contribution in [0.3, 0.4) is 0 Å². The molecule has 0 aromatic heterocycles. The average molecular weight is 420 g/mol. The molecular formula is C15H14Br2ClNO. The molecule has 0 aliphatic heterocycles. The zero-order chi connectivity index (χ0) is 14.7. The Kier molecular flexibility index (Phi) is 5.49. The Bertz CT molecular complexity index is 619. The van der Waals surface area contributed by atoms with Gasteiger partial charge in [0.2, 0.25) is 0 Å². The first-order valence-electron chi connectivity index (χ1n) is 6.15. The van der Waals surface area contributed by atoms with Crippen molar-refractivity contribution >= 4 is 43.5 Å². The van der Waals surface area contributed by atoms with Crippen LogP contribution < -0.4 is 10.5 Å². The van der Waals surface area contributed by atoms with Crippen LogP contribution in [0.5, 0.6) is 5.75 Å². The molecule has 0 heterocycles. The molecule has 2 nitrogen and oxygen atoms in total. The summed E-state index contributed by atoms with van der Waals surface area (Å²) in [7, 11) is 0. The summed E-state index contributed by atoms with van der Waals surface area (Å²) in [5.74, 6) is 0.815. The van der Waals surface area contributed by atoms with Crippen molar-refractivity contribution in [3.05, 3.63) is 61.5 Å². The second-order valence-electron chi connectivity index (χ2n) is 4.26. The summed E-state index contributed by atoms with van der Waals surface area (Å²) >= 11 is 13.2. The molecule has 2 rings (SSSR count). The lowest BCUT2D eigenvalue weighted by atomic mass is 9.99. The van der Waals surface area contributed by atoms with Gasteiger partial charge in [0, 0.05) is 14.0 Å². The minimum Gasteiger partial charge on any atom is -0.494 e. The van der Waals surface area contributed by atoms with Crippen LogP contribution in [0.1, 0.15) is 24.1 Å². The SMILES string of the molecule is CCOc1ccc(C(N)c2cc(Br)ccc2Cl)c(Br)c1. The van der Waals surface area contributed by atoms with E-state index in [9.17, 15) is 0 Å². The van der Waals surface area contributed by atoms with Gasteiger partial charge in [-0.15, -0.1) is 0 Å². The third-order valence-electron chi connectivity index (χ3n) is 2.91. The Morgan fingerprint density at radius 1 is 1.15 bits per heavy atom. The van der Waals surface area contributed by atoms with Crippen molar-refractivity contribution in [2.75, 3.05) is 6.61 Å².